The van der Waals surface area contributed by atoms with Crippen molar-refractivity contribution in [2.24, 2.45) is 0 Å². The molecule has 0 aliphatic heterocycles. The van der Waals surface area contributed by atoms with Crippen molar-refractivity contribution in [3.63, 3.8) is 0 Å². The number of rotatable bonds is 77. The topological polar surface area (TPSA) is 95.9 Å². The lowest BCUT2D eigenvalue weighted by Gasteiger charge is -2.22. The minimum absolute atomic E-state index is 0.0201. The maximum absolute atomic E-state index is 12.6. The van der Waals surface area contributed by atoms with E-state index in [1.165, 1.54) is 398 Å². The quantitative estimate of drug-likeness (QED) is 0.0320. The summed E-state index contributed by atoms with van der Waals surface area (Å²) in [6.07, 6.45) is 97.4. The van der Waals surface area contributed by atoms with Gasteiger partial charge in [-0.2, -0.15) is 0 Å². The van der Waals surface area contributed by atoms with E-state index in [0.717, 1.165) is 38.5 Å². The third-order valence-corrected chi connectivity index (χ3v) is 19.3. The van der Waals surface area contributed by atoms with Gasteiger partial charge >= 0.3 is 5.97 Å². The summed E-state index contributed by atoms with van der Waals surface area (Å²) < 4.78 is 5.52. The van der Waals surface area contributed by atoms with Crippen molar-refractivity contribution in [1.29, 1.82) is 0 Å². The molecule has 0 aromatic rings. The van der Waals surface area contributed by atoms with Crippen molar-refractivity contribution >= 4 is 11.9 Å². The molecule has 3 N–H and O–H groups in total. The van der Waals surface area contributed by atoms with Crippen molar-refractivity contribution in [1.82, 2.24) is 5.32 Å². The average molecular weight is 1230 g/mol. The Labute approximate surface area is 546 Å². The first-order chi connectivity index (χ1) is 43.0. The van der Waals surface area contributed by atoms with Crippen molar-refractivity contribution in [3.8, 4) is 0 Å². The van der Waals surface area contributed by atoms with Crippen LogP contribution in [-0.4, -0.2) is 47.4 Å². The van der Waals surface area contributed by atoms with E-state index in [4.69, 9.17) is 4.74 Å². The number of unbranched alkanes of at least 4 members (excludes halogenated alkanes) is 64. The first-order valence-electron chi connectivity index (χ1n) is 40.4. The Hall–Kier alpha value is -1.40. The minimum atomic E-state index is -0.661. The number of amides is 1. The fourth-order valence-electron chi connectivity index (χ4n) is 13.2. The fraction of sp³-hybridized carbons (Fsp3) is 0.951. The molecule has 0 radical (unpaired) electrons. The highest BCUT2D eigenvalue weighted by Gasteiger charge is 2.20. The molecule has 6 nitrogen and oxygen atoms in total. The second-order valence-electron chi connectivity index (χ2n) is 28.1. The molecule has 0 rings (SSSR count). The normalized spacial score (nSPS) is 12.5. The molecule has 2 unspecified atom stereocenters. The smallest absolute Gasteiger partial charge is 0.305 e. The van der Waals surface area contributed by atoms with E-state index < -0.39 is 12.1 Å². The Balaban J connectivity index is 3.31. The van der Waals surface area contributed by atoms with E-state index in [-0.39, 0.29) is 18.5 Å². The van der Waals surface area contributed by atoms with E-state index in [0.29, 0.717) is 25.9 Å². The van der Waals surface area contributed by atoms with Gasteiger partial charge in [-0.15, -0.1) is 0 Å². The van der Waals surface area contributed by atoms with Crippen molar-refractivity contribution < 1.29 is 24.5 Å². The second kappa shape index (κ2) is 77.1. The number of hydrogen-bond donors (Lipinski definition) is 3. The molecule has 0 bridgehead atoms. The van der Waals surface area contributed by atoms with Gasteiger partial charge in [-0.3, -0.25) is 9.59 Å². The summed E-state index contributed by atoms with van der Waals surface area (Å²) in [4.78, 5) is 24.7. The maximum atomic E-state index is 12.6. The number of esters is 1. The molecule has 518 valence electrons. The summed E-state index contributed by atoms with van der Waals surface area (Å²) in [7, 11) is 0. The van der Waals surface area contributed by atoms with E-state index in [2.05, 4.69) is 31.3 Å². The summed E-state index contributed by atoms with van der Waals surface area (Å²) in [5.74, 6) is -0.00471. The Morgan fingerprint density at radius 3 is 0.816 bits per heavy atom. The largest absolute Gasteiger partial charge is 0.466 e. The number of carbonyl (C=O) groups is 2. The number of aliphatic hydroxyl groups is 2. The van der Waals surface area contributed by atoms with E-state index in [1.807, 2.05) is 0 Å². The first kappa shape index (κ1) is 85.6. The maximum Gasteiger partial charge on any atom is 0.305 e. The van der Waals surface area contributed by atoms with Gasteiger partial charge in [0.05, 0.1) is 25.4 Å². The van der Waals surface area contributed by atoms with Crippen LogP contribution in [-0.2, 0) is 14.3 Å². The second-order valence-corrected chi connectivity index (χ2v) is 28.1. The summed E-state index contributed by atoms with van der Waals surface area (Å²) >= 11 is 0. The highest BCUT2D eigenvalue weighted by molar-refractivity contribution is 5.76. The highest BCUT2D eigenvalue weighted by atomic mass is 16.5. The van der Waals surface area contributed by atoms with Crippen LogP contribution < -0.4 is 5.32 Å². The van der Waals surface area contributed by atoms with Gasteiger partial charge in [-0.05, 0) is 51.4 Å². The number of aliphatic hydroxyl groups excluding tert-OH is 2. The summed E-state index contributed by atoms with van der Waals surface area (Å²) in [6, 6.07) is -0.538. The molecule has 87 heavy (non-hydrogen) atoms. The Kier molecular flexibility index (Phi) is 75.8. The molecule has 2 atom stereocenters. The summed E-state index contributed by atoms with van der Waals surface area (Å²) in [5.41, 5.74) is 0. The molecule has 0 heterocycles. The van der Waals surface area contributed by atoms with E-state index in [9.17, 15) is 19.8 Å². The molecule has 0 saturated heterocycles. The first-order valence-corrected chi connectivity index (χ1v) is 40.4. The molecule has 0 aromatic carbocycles. The Morgan fingerprint density at radius 1 is 0.310 bits per heavy atom. The number of ether oxygens (including phenoxy) is 1. The van der Waals surface area contributed by atoms with Crippen LogP contribution in [0.4, 0.5) is 0 Å². The molecular weight excluding hydrogens is 1070 g/mol. The van der Waals surface area contributed by atoms with Crippen LogP contribution in [0.2, 0.25) is 0 Å². The molecule has 0 spiro atoms. The van der Waals surface area contributed by atoms with E-state index in [1.54, 1.807) is 0 Å². The van der Waals surface area contributed by atoms with Crippen LogP contribution in [0.15, 0.2) is 12.2 Å². The van der Waals surface area contributed by atoms with Crippen LogP contribution in [0, 0.1) is 0 Å². The third kappa shape index (κ3) is 73.5. The molecular formula is C81H159NO5. The zero-order chi connectivity index (χ0) is 62.8. The fourth-order valence-corrected chi connectivity index (χ4v) is 13.2. The van der Waals surface area contributed by atoms with Crippen LogP contribution in [0.3, 0.4) is 0 Å². The van der Waals surface area contributed by atoms with Crippen molar-refractivity contribution in [3.05, 3.63) is 12.2 Å². The third-order valence-electron chi connectivity index (χ3n) is 19.3. The predicted octanol–water partition coefficient (Wildman–Crippen LogP) is 26.7. The van der Waals surface area contributed by atoms with Crippen LogP contribution in [0.25, 0.3) is 0 Å². The number of nitrogens with one attached hydrogen (secondary N) is 1. The van der Waals surface area contributed by atoms with Gasteiger partial charge in [0.25, 0.3) is 0 Å². The molecule has 1 amide bonds. The van der Waals surface area contributed by atoms with Gasteiger partial charge in [-0.25, -0.2) is 0 Å². The van der Waals surface area contributed by atoms with Crippen LogP contribution in [0.1, 0.15) is 470 Å². The molecule has 0 aromatic heterocycles. The molecule has 0 aliphatic rings. The summed E-state index contributed by atoms with van der Waals surface area (Å²) in [5, 5.41) is 23.4. The lowest BCUT2D eigenvalue weighted by molar-refractivity contribution is -0.143. The minimum Gasteiger partial charge on any atom is -0.466 e. The van der Waals surface area contributed by atoms with Crippen LogP contribution in [0.5, 0.6) is 0 Å². The number of carbonyl (C=O) groups excluding carboxylic acids is 2. The van der Waals surface area contributed by atoms with Gasteiger partial charge in [0.15, 0.2) is 0 Å². The molecule has 6 heteroatoms. The zero-order valence-corrected chi connectivity index (χ0v) is 59.5. The molecule has 0 aliphatic carbocycles. The highest BCUT2D eigenvalue weighted by Crippen LogP contribution is 2.20. The predicted molar refractivity (Wildman–Crippen MR) is 384 cm³/mol. The SMILES string of the molecule is CCCCCCCCC/C=C\CCCCCCCCCC(=O)OCCCCCCCCCCCCCCCCCCCCCCCCCCCCCCCCCCCC(=O)NC(CO)C(O)CCCCCCCCCCCCCCCCCCCCC. The number of allylic oxidation sites excluding steroid dienone is 2. The average Bonchev–Trinajstić information content (AvgIpc) is 3.56. The van der Waals surface area contributed by atoms with Crippen molar-refractivity contribution in [2.45, 2.75) is 482 Å². The van der Waals surface area contributed by atoms with Gasteiger partial charge in [-0.1, -0.05) is 418 Å². The van der Waals surface area contributed by atoms with E-state index >= 15 is 0 Å². The van der Waals surface area contributed by atoms with Gasteiger partial charge in [0.2, 0.25) is 5.91 Å². The van der Waals surface area contributed by atoms with Gasteiger partial charge in [0.1, 0.15) is 0 Å². The monoisotopic (exact) mass is 1230 g/mol. The van der Waals surface area contributed by atoms with Crippen molar-refractivity contribution in [2.75, 3.05) is 13.2 Å². The lowest BCUT2D eigenvalue weighted by atomic mass is 10.0. The molecule has 0 fully saturated rings. The number of hydrogen-bond acceptors (Lipinski definition) is 5. The lowest BCUT2D eigenvalue weighted by Crippen LogP contribution is -2.45. The molecule has 0 saturated carbocycles. The van der Waals surface area contributed by atoms with Crippen LogP contribution >= 0.6 is 0 Å². The van der Waals surface area contributed by atoms with Gasteiger partial charge < -0.3 is 20.3 Å². The zero-order valence-electron chi connectivity index (χ0n) is 59.5. The summed E-state index contributed by atoms with van der Waals surface area (Å²) in [6.45, 7) is 5.01. The standard InChI is InChI=1S/C81H159NO5/c1-3-5-7-9-11-13-15-17-19-21-38-41-45-49-53-57-61-65-69-73-79(84)78(77-83)82-80(85)74-70-66-62-58-54-50-46-42-39-36-34-32-30-28-26-24-23-25-27-29-31-33-35-37-40-44-48-52-56-60-64-68-72-76-87-81(86)75-71-67-63-59-55-51-47-43-22-20-18-16-14-12-10-8-6-4-2/h20,22,78-79,83-84H,3-19,21,23-77H2,1-2H3,(H,82,85)/b22-20-. The van der Waals surface area contributed by atoms with Gasteiger partial charge in [0, 0.05) is 12.8 Å². The Bertz CT molecular complexity index is 1320. The Morgan fingerprint density at radius 2 is 0.540 bits per heavy atom.